The van der Waals surface area contributed by atoms with Crippen LogP contribution in [0.1, 0.15) is 12.5 Å². The van der Waals surface area contributed by atoms with Crippen molar-refractivity contribution in [1.29, 1.82) is 0 Å². The van der Waals surface area contributed by atoms with Crippen LogP contribution >= 0.6 is 11.6 Å². The van der Waals surface area contributed by atoms with Gasteiger partial charge >= 0.3 is 12.1 Å². The molecule has 0 aliphatic rings. The number of nitrogens with zero attached hydrogens (tertiary/aromatic N) is 1. The Kier molecular flexibility index (Phi) is 5.33. The SMILES string of the molecule is CC(Oc1ccc2ccc(Oc3ncc(C(F)(F)F)cc3Cl)cc2c1)C(=O)O. The van der Waals surface area contributed by atoms with Crippen LogP contribution in [-0.4, -0.2) is 22.2 Å². The maximum absolute atomic E-state index is 12.7. The van der Waals surface area contributed by atoms with Crippen molar-refractivity contribution in [2.75, 3.05) is 0 Å². The number of hydrogen-bond acceptors (Lipinski definition) is 4. The Morgan fingerprint density at radius 1 is 1.11 bits per heavy atom. The zero-order valence-electron chi connectivity index (χ0n) is 14.3. The van der Waals surface area contributed by atoms with Crippen molar-refractivity contribution in [2.45, 2.75) is 19.2 Å². The second-order valence-electron chi connectivity index (χ2n) is 5.88. The van der Waals surface area contributed by atoms with Gasteiger partial charge in [0, 0.05) is 6.20 Å². The van der Waals surface area contributed by atoms with Crippen molar-refractivity contribution < 1.29 is 32.5 Å². The van der Waals surface area contributed by atoms with Gasteiger partial charge in [-0.05, 0) is 48.0 Å². The Labute approximate surface area is 162 Å². The fraction of sp³-hybridized carbons (Fsp3) is 0.158. The Morgan fingerprint density at radius 3 is 2.36 bits per heavy atom. The summed E-state index contributed by atoms with van der Waals surface area (Å²) in [4.78, 5) is 14.5. The second-order valence-corrected chi connectivity index (χ2v) is 6.29. The lowest BCUT2D eigenvalue weighted by Crippen LogP contribution is -2.22. The van der Waals surface area contributed by atoms with Gasteiger partial charge in [-0.3, -0.25) is 0 Å². The molecule has 1 aromatic heterocycles. The molecule has 1 unspecified atom stereocenters. The summed E-state index contributed by atoms with van der Waals surface area (Å²) in [6, 6.07) is 10.7. The summed E-state index contributed by atoms with van der Waals surface area (Å²) in [5, 5.41) is 10.2. The number of benzene rings is 2. The standard InChI is InChI=1S/C19H13ClF3NO4/c1-10(18(25)26)27-14-4-2-11-3-5-15(7-12(11)6-14)28-17-16(20)8-13(9-24-17)19(21,22)23/h2-10H,1H3,(H,25,26). The highest BCUT2D eigenvalue weighted by Crippen LogP contribution is 2.35. The Hall–Kier alpha value is -3.00. The predicted molar refractivity (Wildman–Crippen MR) is 96.0 cm³/mol. The van der Waals surface area contributed by atoms with Crippen molar-refractivity contribution >= 4 is 28.3 Å². The van der Waals surface area contributed by atoms with E-state index in [1.807, 2.05) is 0 Å². The van der Waals surface area contributed by atoms with Crippen molar-refractivity contribution in [3.63, 3.8) is 0 Å². The summed E-state index contributed by atoms with van der Waals surface area (Å²) in [5.74, 6) is -0.614. The third-order valence-corrected chi connectivity index (χ3v) is 4.06. The Morgan fingerprint density at radius 2 is 1.75 bits per heavy atom. The molecule has 0 bridgehead atoms. The number of aromatic nitrogens is 1. The van der Waals surface area contributed by atoms with E-state index >= 15 is 0 Å². The average Bonchev–Trinajstić information content (AvgIpc) is 2.62. The van der Waals surface area contributed by atoms with Crippen LogP contribution in [0.4, 0.5) is 13.2 Å². The van der Waals surface area contributed by atoms with Crippen molar-refractivity contribution in [2.24, 2.45) is 0 Å². The summed E-state index contributed by atoms with van der Waals surface area (Å²) in [6.07, 6.45) is -4.93. The molecule has 1 heterocycles. The van der Waals surface area contributed by atoms with E-state index in [1.54, 1.807) is 36.4 Å². The maximum atomic E-state index is 12.7. The maximum Gasteiger partial charge on any atom is 0.417 e. The van der Waals surface area contributed by atoms with Crippen molar-refractivity contribution in [3.8, 4) is 17.4 Å². The van der Waals surface area contributed by atoms with Gasteiger partial charge in [0.1, 0.15) is 16.5 Å². The van der Waals surface area contributed by atoms with E-state index in [1.165, 1.54) is 6.92 Å². The summed E-state index contributed by atoms with van der Waals surface area (Å²) in [5.41, 5.74) is -0.974. The molecule has 3 rings (SSSR count). The molecule has 1 N–H and O–H groups in total. The number of fused-ring (bicyclic) bond motifs is 1. The highest BCUT2D eigenvalue weighted by atomic mass is 35.5. The molecule has 3 aromatic rings. The third kappa shape index (κ3) is 4.45. The van der Waals surface area contributed by atoms with Crippen LogP contribution in [0.25, 0.3) is 10.8 Å². The Balaban J connectivity index is 1.86. The number of alkyl halides is 3. The molecular formula is C19H13ClF3NO4. The molecule has 0 fully saturated rings. The molecule has 0 spiro atoms. The smallest absolute Gasteiger partial charge is 0.417 e. The number of halogens is 4. The van der Waals surface area contributed by atoms with Crippen LogP contribution in [0.15, 0.2) is 48.7 Å². The topological polar surface area (TPSA) is 68.7 Å². The normalized spacial score (nSPS) is 12.6. The lowest BCUT2D eigenvalue weighted by atomic mass is 10.1. The van der Waals surface area contributed by atoms with Gasteiger partial charge < -0.3 is 14.6 Å². The van der Waals surface area contributed by atoms with Crippen molar-refractivity contribution in [1.82, 2.24) is 4.98 Å². The fourth-order valence-corrected chi connectivity index (χ4v) is 2.57. The number of rotatable bonds is 5. The van der Waals surface area contributed by atoms with E-state index in [2.05, 4.69) is 4.98 Å². The number of ether oxygens (including phenoxy) is 2. The first-order valence-corrected chi connectivity index (χ1v) is 8.35. The highest BCUT2D eigenvalue weighted by molar-refractivity contribution is 6.31. The molecule has 146 valence electrons. The number of aliphatic carboxylic acids is 1. The van der Waals surface area contributed by atoms with Crippen LogP contribution in [0.3, 0.4) is 0 Å². The lowest BCUT2D eigenvalue weighted by molar-refractivity contribution is -0.144. The van der Waals surface area contributed by atoms with Gasteiger partial charge in [-0.1, -0.05) is 23.7 Å². The number of hydrogen-bond donors (Lipinski definition) is 1. The minimum atomic E-state index is -4.55. The summed E-state index contributed by atoms with van der Waals surface area (Å²) in [6.45, 7) is 1.41. The molecule has 1 atom stereocenters. The van der Waals surface area contributed by atoms with E-state index in [-0.39, 0.29) is 10.9 Å². The fourth-order valence-electron chi connectivity index (χ4n) is 2.36. The predicted octanol–water partition coefficient (Wildman–Crippen LogP) is 5.55. The van der Waals surface area contributed by atoms with Gasteiger partial charge in [-0.25, -0.2) is 9.78 Å². The second kappa shape index (κ2) is 7.55. The van der Waals surface area contributed by atoms with Gasteiger partial charge in [0.25, 0.3) is 0 Å². The van der Waals surface area contributed by atoms with Crippen LogP contribution in [0.5, 0.6) is 17.4 Å². The minimum Gasteiger partial charge on any atom is -0.479 e. The zero-order chi connectivity index (χ0) is 20.5. The van der Waals surface area contributed by atoms with Crippen LogP contribution in [0, 0.1) is 0 Å². The monoisotopic (exact) mass is 411 g/mol. The zero-order valence-corrected chi connectivity index (χ0v) is 15.1. The molecule has 0 aliphatic heterocycles. The van der Waals surface area contributed by atoms with Gasteiger partial charge in [0.2, 0.25) is 5.88 Å². The van der Waals surface area contributed by atoms with Crippen molar-refractivity contribution in [3.05, 3.63) is 59.2 Å². The van der Waals surface area contributed by atoms with E-state index < -0.39 is 23.8 Å². The minimum absolute atomic E-state index is 0.166. The summed E-state index contributed by atoms with van der Waals surface area (Å²) < 4.78 is 48.9. The average molecular weight is 412 g/mol. The number of carbonyl (C=O) groups is 1. The first kappa shape index (κ1) is 19.8. The quantitative estimate of drug-likeness (QED) is 0.596. The van der Waals surface area contributed by atoms with E-state index in [0.29, 0.717) is 23.1 Å². The van der Waals surface area contributed by atoms with Gasteiger partial charge in [-0.15, -0.1) is 0 Å². The van der Waals surface area contributed by atoms with E-state index in [0.717, 1.165) is 11.5 Å². The number of carboxylic acids is 1. The summed E-state index contributed by atoms with van der Waals surface area (Å²) >= 11 is 5.85. The highest BCUT2D eigenvalue weighted by Gasteiger charge is 2.31. The first-order chi connectivity index (χ1) is 13.1. The molecule has 0 amide bonds. The van der Waals surface area contributed by atoms with Crippen LogP contribution < -0.4 is 9.47 Å². The molecule has 0 saturated carbocycles. The molecule has 9 heteroatoms. The van der Waals surface area contributed by atoms with Gasteiger partial charge in [0.05, 0.1) is 5.56 Å². The largest absolute Gasteiger partial charge is 0.479 e. The molecular weight excluding hydrogens is 399 g/mol. The molecule has 28 heavy (non-hydrogen) atoms. The van der Waals surface area contributed by atoms with E-state index in [9.17, 15) is 18.0 Å². The van der Waals surface area contributed by atoms with Crippen LogP contribution in [-0.2, 0) is 11.0 Å². The molecule has 0 aliphatic carbocycles. The molecule has 0 saturated heterocycles. The number of carboxylic acid groups (broad SMARTS) is 1. The lowest BCUT2D eigenvalue weighted by Gasteiger charge is -2.12. The van der Waals surface area contributed by atoms with Crippen LogP contribution in [0.2, 0.25) is 5.02 Å². The number of pyridine rings is 1. The molecule has 0 radical (unpaired) electrons. The van der Waals surface area contributed by atoms with E-state index in [4.69, 9.17) is 26.2 Å². The summed E-state index contributed by atoms with van der Waals surface area (Å²) in [7, 11) is 0. The molecule has 5 nitrogen and oxygen atoms in total. The Bertz CT molecular complexity index is 1040. The van der Waals surface area contributed by atoms with Gasteiger partial charge in [0.15, 0.2) is 6.10 Å². The molecule has 2 aromatic carbocycles. The van der Waals surface area contributed by atoms with Gasteiger partial charge in [-0.2, -0.15) is 13.2 Å². The third-order valence-electron chi connectivity index (χ3n) is 3.79. The first-order valence-electron chi connectivity index (χ1n) is 7.97.